The van der Waals surface area contributed by atoms with Crippen LogP contribution >= 0.6 is 0 Å². The van der Waals surface area contributed by atoms with Crippen molar-refractivity contribution >= 4 is 12.0 Å². The molecule has 20 heavy (non-hydrogen) atoms. The summed E-state index contributed by atoms with van der Waals surface area (Å²) in [6.07, 6.45) is 2.32. The molecule has 0 aromatic rings. The molecule has 0 aromatic heterocycles. The number of nitrogens with zero attached hydrogens (tertiary/aromatic N) is 2. The molecule has 2 heterocycles. The molecule has 2 aliphatic rings. The molecule has 2 saturated heterocycles. The van der Waals surface area contributed by atoms with Gasteiger partial charge in [-0.1, -0.05) is 6.92 Å². The van der Waals surface area contributed by atoms with E-state index in [2.05, 4.69) is 0 Å². The molecule has 114 valence electrons. The third-order valence-corrected chi connectivity index (χ3v) is 4.23. The minimum absolute atomic E-state index is 0.0297. The van der Waals surface area contributed by atoms with Crippen LogP contribution < -0.4 is 0 Å². The van der Waals surface area contributed by atoms with Crippen molar-refractivity contribution in [3.05, 3.63) is 0 Å². The van der Waals surface area contributed by atoms with Gasteiger partial charge in [0, 0.05) is 19.6 Å². The first-order chi connectivity index (χ1) is 9.52. The van der Waals surface area contributed by atoms with Gasteiger partial charge in [0.25, 0.3) is 0 Å². The Bertz CT molecular complexity index is 374. The number of carboxylic acids is 1. The summed E-state index contributed by atoms with van der Waals surface area (Å²) in [4.78, 5) is 27.3. The molecule has 0 bridgehead atoms. The molecule has 2 fully saturated rings. The molecule has 0 spiro atoms. The highest BCUT2D eigenvalue weighted by atomic mass is 16.5. The van der Waals surface area contributed by atoms with Gasteiger partial charge >= 0.3 is 12.0 Å². The highest BCUT2D eigenvalue weighted by Gasteiger charge is 2.35. The fourth-order valence-electron chi connectivity index (χ4n) is 2.95. The Balaban J connectivity index is 2.03. The van der Waals surface area contributed by atoms with Crippen LogP contribution in [-0.4, -0.2) is 65.3 Å². The number of carbonyl (C=O) groups excluding carboxylic acids is 1. The van der Waals surface area contributed by atoms with Crippen LogP contribution in [0.2, 0.25) is 0 Å². The highest BCUT2D eigenvalue weighted by Crippen LogP contribution is 2.21. The van der Waals surface area contributed by atoms with Crippen molar-refractivity contribution in [3.63, 3.8) is 0 Å². The molecule has 6 nitrogen and oxygen atoms in total. The van der Waals surface area contributed by atoms with E-state index >= 15 is 0 Å². The lowest BCUT2D eigenvalue weighted by Crippen LogP contribution is -2.57. The van der Waals surface area contributed by atoms with Crippen LogP contribution in [0.25, 0.3) is 0 Å². The topological polar surface area (TPSA) is 70.1 Å². The Morgan fingerprint density at radius 3 is 2.75 bits per heavy atom. The maximum Gasteiger partial charge on any atom is 0.320 e. The Morgan fingerprint density at radius 1 is 1.35 bits per heavy atom. The van der Waals surface area contributed by atoms with Crippen molar-refractivity contribution in [2.45, 2.75) is 45.3 Å². The number of hydrogen-bond acceptors (Lipinski definition) is 3. The van der Waals surface area contributed by atoms with E-state index in [4.69, 9.17) is 9.84 Å². The zero-order valence-corrected chi connectivity index (χ0v) is 12.2. The number of morpholine rings is 1. The van der Waals surface area contributed by atoms with Gasteiger partial charge in [-0.2, -0.15) is 0 Å². The number of hydrogen-bond donors (Lipinski definition) is 1. The predicted molar refractivity (Wildman–Crippen MR) is 73.5 cm³/mol. The number of urea groups is 1. The Labute approximate surface area is 119 Å². The first-order valence-electron chi connectivity index (χ1n) is 7.42. The number of rotatable bonds is 2. The van der Waals surface area contributed by atoms with Crippen LogP contribution in [0.1, 0.15) is 33.1 Å². The van der Waals surface area contributed by atoms with Gasteiger partial charge in [-0.3, -0.25) is 4.79 Å². The molecule has 3 atom stereocenters. The van der Waals surface area contributed by atoms with Gasteiger partial charge in [0.2, 0.25) is 0 Å². The lowest BCUT2D eigenvalue weighted by Gasteiger charge is -2.42. The standard InChI is InChI=1S/C14H24N2O4/c1-3-12-9-20-10(2)7-16(12)14(19)15-6-4-5-11(8-15)13(17)18/h10-12H,3-9H2,1-2H3,(H,17,18). The lowest BCUT2D eigenvalue weighted by molar-refractivity contribution is -0.143. The second kappa shape index (κ2) is 6.43. The summed E-state index contributed by atoms with van der Waals surface area (Å²) < 4.78 is 5.60. The van der Waals surface area contributed by atoms with Crippen molar-refractivity contribution in [2.24, 2.45) is 5.92 Å². The largest absolute Gasteiger partial charge is 0.481 e. The van der Waals surface area contributed by atoms with Gasteiger partial charge in [0.05, 0.1) is 24.7 Å². The predicted octanol–water partition coefficient (Wildman–Crippen LogP) is 1.40. The van der Waals surface area contributed by atoms with Crippen molar-refractivity contribution in [2.75, 3.05) is 26.2 Å². The van der Waals surface area contributed by atoms with Gasteiger partial charge in [-0.15, -0.1) is 0 Å². The normalized spacial score (nSPS) is 31.2. The van der Waals surface area contributed by atoms with Crippen molar-refractivity contribution < 1.29 is 19.4 Å². The molecule has 0 aromatic carbocycles. The molecule has 2 aliphatic heterocycles. The van der Waals surface area contributed by atoms with E-state index in [0.29, 0.717) is 32.7 Å². The third-order valence-electron chi connectivity index (χ3n) is 4.23. The quantitative estimate of drug-likeness (QED) is 0.832. The third kappa shape index (κ3) is 3.23. The van der Waals surface area contributed by atoms with Crippen LogP contribution in [0.4, 0.5) is 4.79 Å². The van der Waals surface area contributed by atoms with E-state index in [0.717, 1.165) is 12.8 Å². The minimum atomic E-state index is -0.801. The second-order valence-corrected chi connectivity index (χ2v) is 5.76. The Morgan fingerprint density at radius 2 is 2.10 bits per heavy atom. The number of aliphatic carboxylic acids is 1. The van der Waals surface area contributed by atoms with E-state index in [1.807, 2.05) is 18.7 Å². The van der Waals surface area contributed by atoms with Crippen LogP contribution in [-0.2, 0) is 9.53 Å². The van der Waals surface area contributed by atoms with Crippen LogP contribution in [0.15, 0.2) is 0 Å². The van der Waals surface area contributed by atoms with Gasteiger partial charge in [-0.25, -0.2) is 4.79 Å². The number of carboxylic acid groups (broad SMARTS) is 1. The van der Waals surface area contributed by atoms with Crippen molar-refractivity contribution in [1.29, 1.82) is 0 Å². The van der Waals surface area contributed by atoms with E-state index < -0.39 is 11.9 Å². The van der Waals surface area contributed by atoms with Crippen molar-refractivity contribution in [1.82, 2.24) is 9.80 Å². The molecule has 0 saturated carbocycles. The summed E-state index contributed by atoms with van der Waals surface area (Å²) in [6.45, 7) is 6.15. The summed E-state index contributed by atoms with van der Waals surface area (Å²) >= 11 is 0. The monoisotopic (exact) mass is 284 g/mol. The van der Waals surface area contributed by atoms with Gasteiger partial charge in [-0.05, 0) is 26.2 Å². The molecular formula is C14H24N2O4. The SMILES string of the molecule is CCC1COC(C)CN1C(=O)N1CCCC(C(=O)O)C1. The van der Waals surface area contributed by atoms with Crippen LogP contribution in [0, 0.1) is 5.92 Å². The first-order valence-corrected chi connectivity index (χ1v) is 7.42. The van der Waals surface area contributed by atoms with E-state index in [9.17, 15) is 9.59 Å². The molecule has 2 amide bonds. The maximum atomic E-state index is 12.6. The van der Waals surface area contributed by atoms with E-state index in [-0.39, 0.29) is 18.2 Å². The summed E-state index contributed by atoms with van der Waals surface area (Å²) in [5, 5.41) is 9.12. The summed E-state index contributed by atoms with van der Waals surface area (Å²) in [7, 11) is 0. The lowest BCUT2D eigenvalue weighted by atomic mass is 9.98. The molecule has 0 aliphatic carbocycles. The maximum absolute atomic E-state index is 12.6. The second-order valence-electron chi connectivity index (χ2n) is 5.76. The number of amides is 2. The minimum Gasteiger partial charge on any atom is -0.481 e. The number of likely N-dealkylation sites (tertiary alicyclic amines) is 1. The Kier molecular flexibility index (Phi) is 4.86. The van der Waals surface area contributed by atoms with Gasteiger partial charge < -0.3 is 19.6 Å². The van der Waals surface area contributed by atoms with E-state index in [1.165, 1.54) is 0 Å². The van der Waals surface area contributed by atoms with Crippen molar-refractivity contribution in [3.8, 4) is 0 Å². The molecule has 3 unspecified atom stereocenters. The van der Waals surface area contributed by atoms with Crippen LogP contribution in [0.3, 0.4) is 0 Å². The summed E-state index contributed by atoms with van der Waals surface area (Å²) in [6, 6.07) is 0.0712. The zero-order chi connectivity index (χ0) is 14.7. The molecule has 0 radical (unpaired) electrons. The summed E-state index contributed by atoms with van der Waals surface area (Å²) in [5.41, 5.74) is 0. The smallest absolute Gasteiger partial charge is 0.320 e. The zero-order valence-electron chi connectivity index (χ0n) is 12.2. The number of ether oxygens (including phenoxy) is 1. The molecule has 6 heteroatoms. The van der Waals surface area contributed by atoms with Gasteiger partial charge in [0.1, 0.15) is 0 Å². The summed E-state index contributed by atoms with van der Waals surface area (Å²) in [5.74, 6) is -1.23. The number of piperidine rings is 1. The highest BCUT2D eigenvalue weighted by molar-refractivity contribution is 5.77. The molecular weight excluding hydrogens is 260 g/mol. The number of carbonyl (C=O) groups is 2. The average Bonchev–Trinajstić information content (AvgIpc) is 2.46. The fourth-order valence-corrected chi connectivity index (χ4v) is 2.95. The fraction of sp³-hybridized carbons (Fsp3) is 0.857. The molecule has 2 rings (SSSR count). The Hall–Kier alpha value is -1.30. The average molecular weight is 284 g/mol. The van der Waals surface area contributed by atoms with Gasteiger partial charge in [0.15, 0.2) is 0 Å². The van der Waals surface area contributed by atoms with Crippen LogP contribution in [0.5, 0.6) is 0 Å². The van der Waals surface area contributed by atoms with E-state index in [1.54, 1.807) is 4.90 Å². The molecule has 1 N–H and O–H groups in total. The first kappa shape index (κ1) is 15.1.